The summed E-state index contributed by atoms with van der Waals surface area (Å²) < 4.78 is 16.2. The third kappa shape index (κ3) is 5.16. The van der Waals surface area contributed by atoms with Crippen LogP contribution in [0.2, 0.25) is 0 Å². The summed E-state index contributed by atoms with van der Waals surface area (Å²) in [7, 11) is 0. The van der Waals surface area contributed by atoms with E-state index in [1.807, 2.05) is 22.8 Å². The first kappa shape index (κ1) is 27.3. The molecule has 0 unspecified atom stereocenters. The number of halogens is 1. The van der Waals surface area contributed by atoms with E-state index >= 15 is 0 Å². The lowest BCUT2D eigenvalue weighted by Gasteiger charge is -2.39. The number of anilines is 2. The molecule has 1 N–H and O–H groups in total. The minimum atomic E-state index is -1.04. The number of pyridine rings is 1. The van der Waals surface area contributed by atoms with Crippen LogP contribution in [0.15, 0.2) is 34.0 Å². The molecule has 3 heterocycles. The van der Waals surface area contributed by atoms with Crippen molar-refractivity contribution in [2.75, 3.05) is 42.5 Å². The van der Waals surface area contributed by atoms with Gasteiger partial charge in [0.05, 0.1) is 17.0 Å². The van der Waals surface area contributed by atoms with Crippen LogP contribution in [0.4, 0.5) is 15.9 Å². The lowest BCUT2D eigenvalue weighted by molar-refractivity contribution is -0.137. The second-order valence-corrected chi connectivity index (χ2v) is 10.5. The number of carbonyl (C=O) groups is 2. The molecule has 0 atom stereocenters. The van der Waals surface area contributed by atoms with E-state index < -0.39 is 17.4 Å². The Morgan fingerprint density at radius 2 is 1.87 bits per heavy atom. The molecule has 38 heavy (non-hydrogen) atoms. The third-order valence-corrected chi connectivity index (χ3v) is 8.01. The summed E-state index contributed by atoms with van der Waals surface area (Å²) in [6.45, 7) is 5.74. The largest absolute Gasteiger partial charge is 0.481 e. The van der Waals surface area contributed by atoms with Crippen molar-refractivity contribution in [3.8, 4) is 6.07 Å². The first-order chi connectivity index (χ1) is 18.2. The van der Waals surface area contributed by atoms with E-state index in [0.717, 1.165) is 11.8 Å². The van der Waals surface area contributed by atoms with Crippen LogP contribution in [-0.2, 0) is 16.1 Å². The van der Waals surface area contributed by atoms with E-state index in [-0.39, 0.29) is 28.7 Å². The number of para-hydroxylation sites is 1. The summed E-state index contributed by atoms with van der Waals surface area (Å²) in [4.78, 5) is 42.9. The van der Waals surface area contributed by atoms with Gasteiger partial charge < -0.3 is 14.9 Å². The zero-order chi connectivity index (χ0) is 27.6. The van der Waals surface area contributed by atoms with Crippen molar-refractivity contribution >= 4 is 57.8 Å². The number of thioether (sulfide) groups is 1. The van der Waals surface area contributed by atoms with E-state index in [9.17, 15) is 24.0 Å². The fourth-order valence-corrected chi connectivity index (χ4v) is 5.97. The predicted octanol–water partition coefficient (Wildman–Crippen LogP) is 3.19. The van der Waals surface area contributed by atoms with Gasteiger partial charge in [-0.1, -0.05) is 36.1 Å². The Labute approximate surface area is 228 Å². The number of thiocarbonyl (C=S) groups is 1. The summed E-state index contributed by atoms with van der Waals surface area (Å²) in [5.74, 6) is -1.17. The number of hydrogen-bond donors (Lipinski definition) is 1. The van der Waals surface area contributed by atoms with Gasteiger partial charge in [-0.25, -0.2) is 4.39 Å². The van der Waals surface area contributed by atoms with Crippen LogP contribution in [0.5, 0.6) is 0 Å². The molecule has 2 aromatic rings. The SMILES string of the molecule is CCn1c(N2CCN(c3ccccc3F)CC2)c(/C=C2\SC(=S)N(CCC(=O)O)C2=O)c(C)c(C#N)c1=O. The fraction of sp³-hybridized carbons (Fsp3) is 0.346. The second-order valence-electron chi connectivity index (χ2n) is 8.80. The topological polar surface area (TPSA) is 110 Å². The molecule has 4 rings (SSSR count). The Kier molecular flexibility index (Phi) is 8.18. The van der Waals surface area contributed by atoms with Gasteiger partial charge in [-0.2, -0.15) is 5.26 Å². The first-order valence-electron chi connectivity index (χ1n) is 12.1. The number of hydrogen-bond acceptors (Lipinski definition) is 8. The summed E-state index contributed by atoms with van der Waals surface area (Å²) in [6.07, 6.45) is 1.40. The molecule has 2 saturated heterocycles. The van der Waals surface area contributed by atoms with Crippen LogP contribution < -0.4 is 15.4 Å². The molecule has 9 nitrogen and oxygen atoms in total. The van der Waals surface area contributed by atoms with Gasteiger partial charge in [0.15, 0.2) is 0 Å². The summed E-state index contributed by atoms with van der Waals surface area (Å²) in [6, 6.07) is 8.59. The number of benzene rings is 1. The highest BCUT2D eigenvalue weighted by atomic mass is 32.2. The molecule has 0 radical (unpaired) electrons. The van der Waals surface area contributed by atoms with Crippen LogP contribution in [0, 0.1) is 24.1 Å². The number of carboxylic acids is 1. The molecule has 0 saturated carbocycles. The smallest absolute Gasteiger partial charge is 0.305 e. The molecule has 0 spiro atoms. The van der Waals surface area contributed by atoms with E-state index in [1.54, 1.807) is 31.2 Å². The monoisotopic (exact) mass is 555 g/mol. The summed E-state index contributed by atoms with van der Waals surface area (Å²) >= 11 is 6.38. The van der Waals surface area contributed by atoms with E-state index in [1.165, 1.54) is 15.5 Å². The lowest BCUT2D eigenvalue weighted by Crippen LogP contribution is -2.49. The first-order valence-corrected chi connectivity index (χ1v) is 13.3. The highest BCUT2D eigenvalue weighted by Gasteiger charge is 2.34. The lowest BCUT2D eigenvalue weighted by atomic mass is 10.0. The van der Waals surface area contributed by atoms with Gasteiger partial charge in [-0.15, -0.1) is 0 Å². The van der Waals surface area contributed by atoms with Crippen molar-refractivity contribution in [3.63, 3.8) is 0 Å². The highest BCUT2D eigenvalue weighted by Crippen LogP contribution is 2.36. The minimum absolute atomic E-state index is 0.00630. The molecule has 1 aromatic carbocycles. The molecule has 1 amide bonds. The molecule has 2 aliphatic rings. The van der Waals surface area contributed by atoms with Gasteiger partial charge in [-0.3, -0.25) is 23.9 Å². The number of aromatic nitrogens is 1. The zero-order valence-electron chi connectivity index (χ0n) is 20.9. The summed E-state index contributed by atoms with van der Waals surface area (Å²) in [5, 5.41) is 18.8. The van der Waals surface area contributed by atoms with Crippen LogP contribution in [0.3, 0.4) is 0 Å². The average molecular weight is 556 g/mol. The average Bonchev–Trinajstić information content (AvgIpc) is 3.16. The standard InChI is InChI=1S/C26H26FN5O4S2/c1-3-31-23(30-12-10-29(11-13-30)20-7-5-4-6-19(20)27)17(16(2)18(15-28)24(31)35)14-21-25(36)32(26(37)38-21)9-8-22(33)34/h4-7,14H,3,8-13H2,1-2H3,(H,33,34)/b21-14-. The van der Waals surface area contributed by atoms with Crippen molar-refractivity contribution in [1.82, 2.24) is 9.47 Å². The van der Waals surface area contributed by atoms with Crippen molar-refractivity contribution in [2.45, 2.75) is 26.8 Å². The van der Waals surface area contributed by atoms with Gasteiger partial charge in [0.25, 0.3) is 11.5 Å². The van der Waals surface area contributed by atoms with Crippen LogP contribution in [-0.4, -0.2) is 63.5 Å². The Hall–Kier alpha value is -3.69. The van der Waals surface area contributed by atoms with Crippen molar-refractivity contribution in [3.05, 3.63) is 62.0 Å². The van der Waals surface area contributed by atoms with Crippen LogP contribution >= 0.6 is 24.0 Å². The number of carboxylic acid groups (broad SMARTS) is 1. The van der Waals surface area contributed by atoms with Crippen LogP contribution in [0.1, 0.15) is 30.0 Å². The number of carbonyl (C=O) groups excluding carboxylic acids is 1. The molecule has 1 aromatic heterocycles. The molecule has 0 bridgehead atoms. The maximum atomic E-state index is 14.4. The quantitative estimate of drug-likeness (QED) is 0.407. The van der Waals surface area contributed by atoms with Gasteiger partial charge in [-0.05, 0) is 37.6 Å². The Morgan fingerprint density at radius 1 is 1.21 bits per heavy atom. The zero-order valence-corrected chi connectivity index (χ0v) is 22.6. The van der Waals surface area contributed by atoms with Gasteiger partial charge in [0.2, 0.25) is 0 Å². The fourth-order valence-electron chi connectivity index (χ4n) is 4.68. The molecule has 2 fully saturated rings. The van der Waals surface area contributed by atoms with Gasteiger partial charge in [0.1, 0.15) is 27.6 Å². The maximum Gasteiger partial charge on any atom is 0.305 e. The number of rotatable bonds is 7. The molecular weight excluding hydrogens is 529 g/mol. The normalized spacial score (nSPS) is 16.9. The van der Waals surface area contributed by atoms with E-state index in [4.69, 9.17) is 17.3 Å². The molecule has 198 valence electrons. The van der Waals surface area contributed by atoms with E-state index in [0.29, 0.717) is 60.3 Å². The molecule has 0 aliphatic carbocycles. The second kappa shape index (κ2) is 11.4. The molecule has 2 aliphatic heterocycles. The minimum Gasteiger partial charge on any atom is -0.481 e. The van der Waals surface area contributed by atoms with Crippen LogP contribution in [0.25, 0.3) is 6.08 Å². The number of nitriles is 1. The number of piperazine rings is 1. The van der Waals surface area contributed by atoms with E-state index in [2.05, 4.69) is 0 Å². The molecule has 12 heteroatoms. The van der Waals surface area contributed by atoms with Crippen molar-refractivity contribution in [2.24, 2.45) is 0 Å². The Balaban J connectivity index is 1.75. The summed E-state index contributed by atoms with van der Waals surface area (Å²) in [5.41, 5.74) is 1.10. The molecular formula is C26H26FN5O4S2. The number of amides is 1. The maximum absolute atomic E-state index is 14.4. The Morgan fingerprint density at radius 3 is 2.47 bits per heavy atom. The highest BCUT2D eigenvalue weighted by molar-refractivity contribution is 8.26. The van der Waals surface area contributed by atoms with Crippen molar-refractivity contribution < 1.29 is 19.1 Å². The third-order valence-electron chi connectivity index (χ3n) is 6.63. The van der Waals surface area contributed by atoms with Gasteiger partial charge >= 0.3 is 5.97 Å². The van der Waals surface area contributed by atoms with Gasteiger partial charge in [0, 0.05) is 44.8 Å². The Bertz CT molecular complexity index is 1440. The van der Waals surface area contributed by atoms with Crippen molar-refractivity contribution in [1.29, 1.82) is 5.26 Å². The number of nitrogens with zero attached hydrogens (tertiary/aromatic N) is 5. The predicted molar refractivity (Wildman–Crippen MR) is 149 cm³/mol. The number of aliphatic carboxylic acids is 1.